The fraction of sp³-hybridized carbons (Fsp3) is 0.417. The number of aryl methyl sites for hydroxylation is 2. The van der Waals surface area contributed by atoms with E-state index in [0.717, 1.165) is 48.7 Å². The number of methoxy groups -OCH3 is 1. The summed E-state index contributed by atoms with van der Waals surface area (Å²) in [7, 11) is 3.36. The monoisotopic (exact) mass is 425 g/mol. The third kappa shape index (κ3) is 5.98. The zero-order valence-corrected chi connectivity index (χ0v) is 18.9. The van der Waals surface area contributed by atoms with E-state index in [-0.39, 0.29) is 18.4 Å². The third-order valence-corrected chi connectivity index (χ3v) is 5.86. The lowest BCUT2D eigenvalue weighted by atomic mass is 10.1. The molecule has 31 heavy (non-hydrogen) atoms. The Bertz CT molecular complexity index is 885. The number of nitrogens with zero attached hydrogens (tertiary/aromatic N) is 2. The van der Waals surface area contributed by atoms with Gasteiger partial charge in [0.1, 0.15) is 5.75 Å². The number of nitrogens with one attached hydrogen (secondary N) is 2. The first-order valence-corrected chi connectivity index (χ1v) is 10.7. The van der Waals surface area contributed by atoms with Gasteiger partial charge in [0.25, 0.3) is 5.91 Å². The van der Waals surface area contributed by atoms with Crippen LogP contribution < -0.4 is 19.9 Å². The molecule has 166 valence electrons. The Morgan fingerprint density at radius 2 is 1.68 bits per heavy atom. The molecule has 2 aromatic rings. The van der Waals surface area contributed by atoms with Crippen molar-refractivity contribution in [1.29, 1.82) is 0 Å². The molecule has 2 amide bonds. The molecule has 0 radical (unpaired) electrons. The highest BCUT2D eigenvalue weighted by atomic mass is 16.5. The Balaban J connectivity index is 1.45. The minimum absolute atomic E-state index is 0.00967. The summed E-state index contributed by atoms with van der Waals surface area (Å²) in [6.07, 6.45) is 0. The Hall–Kier alpha value is -3.06. The number of hydrogen-bond donors (Lipinski definition) is 2. The van der Waals surface area contributed by atoms with E-state index >= 15 is 0 Å². The quantitative estimate of drug-likeness (QED) is 0.698. The second-order valence-electron chi connectivity index (χ2n) is 8.18. The third-order valence-electron chi connectivity index (χ3n) is 5.86. The lowest BCUT2D eigenvalue weighted by Gasteiger charge is -2.34. The van der Waals surface area contributed by atoms with Crippen molar-refractivity contribution in [2.75, 3.05) is 63.6 Å². The summed E-state index contributed by atoms with van der Waals surface area (Å²) in [4.78, 5) is 30.2. The number of benzene rings is 2. The minimum atomic E-state index is -0.174. The van der Waals surface area contributed by atoms with Gasteiger partial charge >= 0.3 is 0 Å². The van der Waals surface area contributed by atoms with Crippen molar-refractivity contribution in [3.8, 4) is 5.75 Å². The van der Waals surface area contributed by atoms with Crippen LogP contribution in [0.1, 0.15) is 11.1 Å². The second-order valence-corrected chi connectivity index (χ2v) is 8.18. The first-order chi connectivity index (χ1) is 14.9. The van der Waals surface area contributed by atoms with Crippen LogP contribution in [0.15, 0.2) is 42.5 Å². The van der Waals surface area contributed by atoms with Gasteiger partial charge in [0.2, 0.25) is 5.91 Å². The van der Waals surface area contributed by atoms with Crippen molar-refractivity contribution in [3.63, 3.8) is 0 Å². The summed E-state index contributed by atoms with van der Waals surface area (Å²) in [5.41, 5.74) is 4.03. The molecule has 0 bridgehead atoms. The fourth-order valence-corrected chi connectivity index (χ4v) is 3.89. The van der Waals surface area contributed by atoms with Crippen LogP contribution in [0.4, 0.5) is 11.4 Å². The molecule has 0 aliphatic carbocycles. The summed E-state index contributed by atoms with van der Waals surface area (Å²) >= 11 is 0. The zero-order valence-electron chi connectivity index (χ0n) is 18.9. The maximum absolute atomic E-state index is 12.7. The molecule has 0 unspecified atom stereocenters. The largest absolute Gasteiger partial charge is 0.497 e. The van der Waals surface area contributed by atoms with E-state index in [0.29, 0.717) is 6.54 Å². The predicted octanol–water partition coefficient (Wildman–Crippen LogP) is 1.11. The number of amides is 2. The molecule has 1 aliphatic rings. The van der Waals surface area contributed by atoms with Gasteiger partial charge in [-0.2, -0.15) is 0 Å². The van der Waals surface area contributed by atoms with Crippen molar-refractivity contribution in [1.82, 2.24) is 4.90 Å². The molecular formula is C24H33N4O3+. The van der Waals surface area contributed by atoms with Gasteiger partial charge in [-0.1, -0.05) is 18.2 Å². The van der Waals surface area contributed by atoms with E-state index < -0.39 is 0 Å². The number of quaternary nitrogens is 1. The molecule has 0 atom stereocenters. The van der Waals surface area contributed by atoms with E-state index in [1.54, 1.807) is 14.2 Å². The van der Waals surface area contributed by atoms with E-state index in [1.807, 2.05) is 44.2 Å². The van der Waals surface area contributed by atoms with Gasteiger partial charge in [-0.05, 0) is 49.2 Å². The highest BCUT2D eigenvalue weighted by Crippen LogP contribution is 2.20. The average Bonchev–Trinajstić information content (AvgIpc) is 2.77. The Kier molecular flexibility index (Phi) is 7.52. The summed E-state index contributed by atoms with van der Waals surface area (Å²) in [6, 6.07) is 14.0. The van der Waals surface area contributed by atoms with Crippen LogP contribution in [0.5, 0.6) is 5.75 Å². The van der Waals surface area contributed by atoms with E-state index in [2.05, 4.69) is 22.3 Å². The van der Waals surface area contributed by atoms with Crippen molar-refractivity contribution >= 4 is 23.2 Å². The lowest BCUT2D eigenvalue weighted by molar-refractivity contribution is -0.892. The SMILES string of the molecule is COc1ccc(N2CC[NH+](CC(=O)N(C)CC(=O)Nc3c(C)cccc3C)CC2)cc1. The van der Waals surface area contributed by atoms with Crippen LogP contribution in [0.25, 0.3) is 0 Å². The maximum atomic E-state index is 12.7. The average molecular weight is 426 g/mol. The Labute approximate surface area is 184 Å². The summed E-state index contributed by atoms with van der Waals surface area (Å²) in [5, 5.41) is 2.94. The van der Waals surface area contributed by atoms with Crippen LogP contribution in [-0.2, 0) is 9.59 Å². The molecule has 0 aromatic heterocycles. The van der Waals surface area contributed by atoms with Gasteiger partial charge in [-0.15, -0.1) is 0 Å². The highest BCUT2D eigenvalue weighted by molar-refractivity contribution is 5.95. The van der Waals surface area contributed by atoms with E-state index in [4.69, 9.17) is 4.74 Å². The van der Waals surface area contributed by atoms with Crippen LogP contribution in [0.2, 0.25) is 0 Å². The molecular weight excluding hydrogens is 392 g/mol. The molecule has 1 aliphatic heterocycles. The molecule has 3 rings (SSSR count). The Morgan fingerprint density at radius 3 is 2.26 bits per heavy atom. The van der Waals surface area contributed by atoms with E-state index in [9.17, 15) is 9.59 Å². The van der Waals surface area contributed by atoms with Gasteiger partial charge in [-0.25, -0.2) is 0 Å². The molecule has 1 saturated heterocycles. The predicted molar refractivity (Wildman–Crippen MR) is 123 cm³/mol. The Morgan fingerprint density at radius 1 is 1.06 bits per heavy atom. The number of para-hydroxylation sites is 1. The van der Waals surface area contributed by atoms with Crippen LogP contribution in [0, 0.1) is 13.8 Å². The molecule has 7 nitrogen and oxygen atoms in total. The van der Waals surface area contributed by atoms with Crippen LogP contribution in [0.3, 0.4) is 0 Å². The van der Waals surface area contributed by atoms with Crippen LogP contribution in [-0.4, -0.2) is 70.1 Å². The highest BCUT2D eigenvalue weighted by Gasteiger charge is 2.24. The molecule has 2 aromatic carbocycles. The lowest BCUT2D eigenvalue weighted by Crippen LogP contribution is -3.15. The molecule has 1 fully saturated rings. The zero-order chi connectivity index (χ0) is 22.4. The number of carbonyl (C=O) groups is 2. The second kappa shape index (κ2) is 10.3. The first-order valence-electron chi connectivity index (χ1n) is 10.7. The van der Waals surface area contributed by atoms with Crippen LogP contribution >= 0.6 is 0 Å². The number of hydrogen-bond acceptors (Lipinski definition) is 4. The molecule has 1 heterocycles. The van der Waals surface area contributed by atoms with E-state index in [1.165, 1.54) is 15.5 Å². The summed E-state index contributed by atoms with van der Waals surface area (Å²) in [5.74, 6) is 0.667. The molecule has 2 N–H and O–H groups in total. The number of likely N-dealkylation sites (N-methyl/N-ethyl adjacent to an activating group) is 1. The van der Waals surface area contributed by atoms with Crippen molar-refractivity contribution < 1.29 is 19.2 Å². The van der Waals surface area contributed by atoms with Gasteiger partial charge in [0.15, 0.2) is 6.54 Å². The smallest absolute Gasteiger partial charge is 0.277 e. The van der Waals surface area contributed by atoms with Crippen molar-refractivity contribution in [2.45, 2.75) is 13.8 Å². The first kappa shape index (κ1) is 22.6. The molecule has 0 spiro atoms. The summed E-state index contributed by atoms with van der Waals surface area (Å²) in [6.45, 7) is 7.96. The normalized spacial score (nSPS) is 14.3. The number of rotatable bonds is 7. The summed E-state index contributed by atoms with van der Waals surface area (Å²) < 4.78 is 5.22. The number of anilines is 2. The maximum Gasteiger partial charge on any atom is 0.277 e. The number of ether oxygens (including phenoxy) is 1. The minimum Gasteiger partial charge on any atom is -0.497 e. The van der Waals surface area contributed by atoms with Gasteiger partial charge in [0, 0.05) is 18.4 Å². The van der Waals surface area contributed by atoms with Gasteiger partial charge in [0.05, 0.1) is 39.8 Å². The molecule has 0 saturated carbocycles. The fourth-order valence-electron chi connectivity index (χ4n) is 3.89. The molecule has 7 heteroatoms. The van der Waals surface area contributed by atoms with Gasteiger partial charge < -0.3 is 24.8 Å². The van der Waals surface area contributed by atoms with Crippen molar-refractivity contribution in [2.24, 2.45) is 0 Å². The topological polar surface area (TPSA) is 66.3 Å². The van der Waals surface area contributed by atoms with Gasteiger partial charge in [-0.3, -0.25) is 9.59 Å². The van der Waals surface area contributed by atoms with Crippen molar-refractivity contribution in [3.05, 3.63) is 53.6 Å². The number of piperazine rings is 1. The number of carbonyl (C=O) groups excluding carboxylic acids is 2. The standard InChI is InChI=1S/C24H32N4O3/c1-18-6-5-7-19(2)24(18)25-22(29)16-26(3)23(30)17-27-12-14-28(15-13-27)20-8-10-21(31-4)11-9-20/h5-11H,12-17H2,1-4H3,(H,25,29)/p+1.